The van der Waals surface area contributed by atoms with Crippen LogP contribution in [-0.2, 0) is 19.2 Å². The van der Waals surface area contributed by atoms with Crippen molar-refractivity contribution >= 4 is 74.8 Å². The third-order valence-electron chi connectivity index (χ3n) is 5.13. The van der Waals surface area contributed by atoms with E-state index in [9.17, 15) is 19.5 Å². The minimum absolute atomic E-state index is 0.0533. The SMILES string of the molecule is CON=C(C(=O)NC1C(=O)N2CC(CSc3nncs3)(C(=O)O)CS[C@H]12)c1nc(N)sc1C. The number of hydrogen-bond donors (Lipinski definition) is 3. The maximum atomic E-state index is 12.9. The second-order valence-corrected chi connectivity index (χ2v) is 11.7. The summed E-state index contributed by atoms with van der Waals surface area (Å²) in [5, 5.41) is 24.0. The maximum Gasteiger partial charge on any atom is 0.313 e. The van der Waals surface area contributed by atoms with E-state index in [4.69, 9.17) is 10.6 Å². The van der Waals surface area contributed by atoms with Crippen LogP contribution >= 0.6 is 46.2 Å². The van der Waals surface area contributed by atoms with Crippen molar-refractivity contribution < 1.29 is 24.3 Å². The van der Waals surface area contributed by atoms with E-state index in [1.54, 1.807) is 12.4 Å². The van der Waals surface area contributed by atoms with E-state index in [0.717, 1.165) is 0 Å². The first-order valence-corrected chi connectivity index (χ1v) is 13.2. The number of thiazole rings is 1. The lowest BCUT2D eigenvalue weighted by atomic mass is 9.89. The Kier molecular flexibility index (Phi) is 6.78. The van der Waals surface area contributed by atoms with Crippen LogP contribution in [0, 0.1) is 12.3 Å². The molecule has 12 nitrogen and oxygen atoms in total. The van der Waals surface area contributed by atoms with Crippen LogP contribution in [0.25, 0.3) is 0 Å². The Morgan fingerprint density at radius 1 is 1.52 bits per heavy atom. The Hall–Kier alpha value is -2.43. The highest BCUT2D eigenvalue weighted by atomic mass is 32.2. The molecule has 2 amide bonds. The molecule has 2 aromatic heterocycles. The number of carbonyl (C=O) groups excluding carboxylic acids is 2. The van der Waals surface area contributed by atoms with Crippen LogP contribution in [-0.4, -0.2) is 85.3 Å². The first kappa shape index (κ1) is 23.7. The number of nitrogens with one attached hydrogen (secondary N) is 1. The summed E-state index contributed by atoms with van der Waals surface area (Å²) in [6.07, 6.45) is 0. The molecule has 2 aromatic rings. The quantitative estimate of drug-likeness (QED) is 0.188. The number of nitrogen functional groups attached to an aromatic ring is 1. The van der Waals surface area contributed by atoms with Gasteiger partial charge in [-0.2, -0.15) is 0 Å². The van der Waals surface area contributed by atoms with Crippen molar-refractivity contribution in [1.29, 1.82) is 0 Å². The predicted molar refractivity (Wildman–Crippen MR) is 125 cm³/mol. The molecule has 4 heterocycles. The van der Waals surface area contributed by atoms with Crippen LogP contribution in [0.4, 0.5) is 5.13 Å². The fraction of sp³-hybridized carbons (Fsp3) is 0.471. The molecule has 3 atom stereocenters. The van der Waals surface area contributed by atoms with Gasteiger partial charge in [0.2, 0.25) is 5.91 Å². The number of carboxylic acids is 1. The Balaban J connectivity index is 1.44. The molecular weight excluding hydrogens is 510 g/mol. The van der Waals surface area contributed by atoms with Crippen molar-refractivity contribution in [2.24, 2.45) is 10.6 Å². The second kappa shape index (κ2) is 9.44. The summed E-state index contributed by atoms with van der Waals surface area (Å²) >= 11 is 5.18. The second-order valence-electron chi connectivity index (χ2n) is 7.28. The van der Waals surface area contributed by atoms with Crippen LogP contribution in [0.15, 0.2) is 15.0 Å². The highest BCUT2D eigenvalue weighted by Gasteiger charge is 2.57. The number of nitrogens with zero attached hydrogens (tertiary/aromatic N) is 5. The third kappa shape index (κ3) is 4.51. The number of oxime groups is 1. The van der Waals surface area contributed by atoms with E-state index in [0.29, 0.717) is 9.22 Å². The Labute approximate surface area is 204 Å². The number of carboxylic acid groups (broad SMARTS) is 1. The molecule has 0 spiro atoms. The van der Waals surface area contributed by atoms with Crippen molar-refractivity contribution in [2.75, 3.05) is 30.9 Å². The van der Waals surface area contributed by atoms with E-state index in [-0.39, 0.29) is 45.9 Å². The number of rotatable bonds is 8. The molecule has 33 heavy (non-hydrogen) atoms. The first-order valence-electron chi connectivity index (χ1n) is 9.45. The molecule has 4 rings (SSSR count). The standard InChI is InChI=1S/C17H19N7O5S4/c1-7-8(21-15(18)33-7)9(23-29-2)11(25)20-10-12(26)24-3-17(14(27)28,4-30-13(10)24)5-31-16-22-19-6-32-16/h6,10,13H,3-5H2,1-2H3,(H2,18,21)(H,20,25)(H,27,28)/t10?,13-,17?/m1/s1. The van der Waals surface area contributed by atoms with Gasteiger partial charge in [-0.05, 0) is 6.92 Å². The molecule has 0 aromatic carbocycles. The van der Waals surface area contributed by atoms with Crippen molar-refractivity contribution in [3.63, 3.8) is 0 Å². The normalized spacial score (nSPS) is 24.7. The summed E-state index contributed by atoms with van der Waals surface area (Å²) in [7, 11) is 1.30. The van der Waals surface area contributed by atoms with Crippen LogP contribution in [0.3, 0.4) is 0 Å². The zero-order valence-corrected chi connectivity index (χ0v) is 20.6. The Morgan fingerprint density at radius 2 is 2.30 bits per heavy atom. The number of aromatic nitrogens is 3. The largest absolute Gasteiger partial charge is 0.481 e. The zero-order chi connectivity index (χ0) is 23.8. The molecule has 176 valence electrons. The molecule has 2 fully saturated rings. The van der Waals surface area contributed by atoms with E-state index in [2.05, 4.69) is 25.7 Å². The summed E-state index contributed by atoms with van der Waals surface area (Å²) in [5.41, 5.74) is 6.39. The summed E-state index contributed by atoms with van der Waals surface area (Å²) in [5.74, 6) is -1.40. The molecule has 2 saturated heterocycles. The monoisotopic (exact) mass is 529 g/mol. The van der Waals surface area contributed by atoms with Gasteiger partial charge in [0.15, 0.2) is 15.2 Å². The van der Waals surface area contributed by atoms with Crippen LogP contribution in [0.2, 0.25) is 0 Å². The number of nitrogens with two attached hydrogens (primary N) is 1. The maximum absolute atomic E-state index is 12.9. The van der Waals surface area contributed by atoms with Gasteiger partial charge in [-0.1, -0.05) is 28.3 Å². The molecule has 2 aliphatic rings. The van der Waals surface area contributed by atoms with Crippen molar-refractivity contribution in [3.8, 4) is 0 Å². The van der Waals surface area contributed by atoms with E-state index >= 15 is 0 Å². The van der Waals surface area contributed by atoms with Gasteiger partial charge >= 0.3 is 5.97 Å². The number of anilines is 1. The average Bonchev–Trinajstić information content (AvgIpc) is 3.42. The molecule has 16 heteroatoms. The fourth-order valence-electron chi connectivity index (χ4n) is 3.46. The Bertz CT molecular complexity index is 1110. The fourth-order valence-corrected chi connectivity index (χ4v) is 7.50. The number of fused-ring (bicyclic) bond motifs is 1. The number of amides is 2. The van der Waals surface area contributed by atoms with Gasteiger partial charge in [0, 0.05) is 22.9 Å². The molecule has 2 unspecified atom stereocenters. The lowest BCUT2D eigenvalue weighted by Crippen LogP contribution is -2.74. The highest BCUT2D eigenvalue weighted by molar-refractivity contribution is 8.01. The van der Waals surface area contributed by atoms with Crippen molar-refractivity contribution in [3.05, 3.63) is 16.1 Å². The van der Waals surface area contributed by atoms with Crippen LogP contribution < -0.4 is 11.1 Å². The zero-order valence-electron chi connectivity index (χ0n) is 17.4. The molecule has 0 radical (unpaired) electrons. The minimum Gasteiger partial charge on any atom is -0.481 e. The first-order chi connectivity index (χ1) is 15.8. The van der Waals surface area contributed by atoms with Crippen molar-refractivity contribution in [2.45, 2.75) is 22.7 Å². The van der Waals surface area contributed by atoms with E-state index in [1.807, 2.05) is 0 Å². The van der Waals surface area contributed by atoms with Crippen LogP contribution in [0.1, 0.15) is 10.6 Å². The number of carbonyl (C=O) groups is 3. The number of hydrogen-bond acceptors (Lipinski definition) is 13. The third-order valence-corrected chi connectivity index (χ3v) is 9.67. The Morgan fingerprint density at radius 3 is 2.91 bits per heavy atom. The van der Waals surface area contributed by atoms with Gasteiger partial charge in [0.1, 0.15) is 35.1 Å². The predicted octanol–water partition coefficient (Wildman–Crippen LogP) is 0.499. The number of aryl methyl sites for hydroxylation is 1. The lowest BCUT2D eigenvalue weighted by Gasteiger charge is -2.53. The highest BCUT2D eigenvalue weighted by Crippen LogP contribution is 2.44. The van der Waals surface area contributed by atoms with Crippen molar-refractivity contribution in [1.82, 2.24) is 25.4 Å². The van der Waals surface area contributed by atoms with Gasteiger partial charge in [0.25, 0.3) is 5.91 Å². The number of β-lactam (4-membered cyclic amide) rings is 1. The van der Waals surface area contributed by atoms with Gasteiger partial charge in [-0.25, -0.2) is 4.98 Å². The lowest BCUT2D eigenvalue weighted by molar-refractivity contribution is -0.157. The van der Waals surface area contributed by atoms with Gasteiger partial charge in [-0.15, -0.1) is 33.3 Å². The molecule has 0 saturated carbocycles. The molecule has 0 bridgehead atoms. The van der Waals surface area contributed by atoms with Gasteiger partial charge in [0.05, 0.1) is 0 Å². The molecular formula is C17H19N7O5S4. The van der Waals surface area contributed by atoms with E-state index in [1.165, 1.54) is 58.2 Å². The molecule has 4 N–H and O–H groups in total. The molecule has 0 aliphatic carbocycles. The summed E-state index contributed by atoms with van der Waals surface area (Å²) < 4.78 is 0.672. The van der Waals surface area contributed by atoms with E-state index < -0.39 is 23.3 Å². The van der Waals surface area contributed by atoms with Crippen LogP contribution in [0.5, 0.6) is 0 Å². The summed E-state index contributed by atoms with van der Waals surface area (Å²) in [4.78, 5) is 49.0. The minimum atomic E-state index is -1.12. The average molecular weight is 530 g/mol. The number of aliphatic carboxylic acids is 1. The smallest absolute Gasteiger partial charge is 0.313 e. The summed E-state index contributed by atoms with van der Waals surface area (Å²) in [6, 6.07) is -0.802. The topological polar surface area (TPSA) is 173 Å². The van der Waals surface area contributed by atoms with Gasteiger partial charge < -0.3 is 25.9 Å². The molecule has 2 aliphatic heterocycles. The number of thioether (sulfide) groups is 2. The summed E-state index contributed by atoms with van der Waals surface area (Å²) in [6.45, 7) is 1.80. The van der Waals surface area contributed by atoms with Gasteiger partial charge in [-0.3, -0.25) is 14.4 Å².